The van der Waals surface area contributed by atoms with Gasteiger partial charge < -0.3 is 9.30 Å². The van der Waals surface area contributed by atoms with Crippen molar-refractivity contribution in [1.29, 1.82) is 0 Å². The van der Waals surface area contributed by atoms with Gasteiger partial charge in [-0.25, -0.2) is 9.37 Å². The number of pyridine rings is 1. The van der Waals surface area contributed by atoms with Gasteiger partial charge in [-0.3, -0.25) is 0 Å². The molecule has 0 spiro atoms. The average Bonchev–Trinajstić information content (AvgIpc) is 2.84. The summed E-state index contributed by atoms with van der Waals surface area (Å²) in [6.45, 7) is 1.92. The largest absolute Gasteiger partial charge is 0.373 e. The van der Waals surface area contributed by atoms with Gasteiger partial charge in [0.1, 0.15) is 11.0 Å². The summed E-state index contributed by atoms with van der Waals surface area (Å²) in [5, 5.41) is 1.30. The highest BCUT2D eigenvalue weighted by Gasteiger charge is 2.23. The summed E-state index contributed by atoms with van der Waals surface area (Å²) < 4.78 is 22.0. The predicted octanol–water partition coefficient (Wildman–Crippen LogP) is 4.03. The van der Waals surface area contributed by atoms with Gasteiger partial charge in [-0.15, -0.1) is 0 Å². The molecule has 1 aliphatic rings. The zero-order chi connectivity index (χ0) is 14.4. The van der Waals surface area contributed by atoms with Gasteiger partial charge in [0, 0.05) is 28.6 Å². The van der Waals surface area contributed by atoms with E-state index in [4.69, 9.17) is 16.3 Å². The first-order valence-corrected chi connectivity index (χ1v) is 7.13. The molecule has 0 aliphatic carbocycles. The summed E-state index contributed by atoms with van der Waals surface area (Å²) in [7, 11) is 0. The molecule has 3 aromatic rings. The van der Waals surface area contributed by atoms with E-state index in [0.29, 0.717) is 18.8 Å². The number of fused-ring (bicyclic) bond motifs is 3. The summed E-state index contributed by atoms with van der Waals surface area (Å²) in [5.74, 6) is -0.371. The fourth-order valence-corrected chi connectivity index (χ4v) is 3.15. The molecule has 1 aliphatic heterocycles. The maximum atomic E-state index is 14.3. The van der Waals surface area contributed by atoms with Crippen molar-refractivity contribution in [2.45, 2.75) is 13.2 Å². The quantitative estimate of drug-likeness (QED) is 0.635. The molecule has 0 atom stereocenters. The number of nitrogens with zero attached hydrogens (tertiary/aromatic N) is 2. The van der Waals surface area contributed by atoms with Crippen molar-refractivity contribution in [1.82, 2.24) is 9.55 Å². The van der Waals surface area contributed by atoms with Crippen LogP contribution in [0.1, 0.15) is 5.69 Å². The molecule has 0 fully saturated rings. The van der Waals surface area contributed by atoms with Crippen molar-refractivity contribution in [3.05, 3.63) is 53.2 Å². The Morgan fingerprint density at radius 3 is 3.05 bits per heavy atom. The van der Waals surface area contributed by atoms with E-state index in [9.17, 15) is 4.39 Å². The molecule has 2 aromatic heterocycles. The van der Waals surface area contributed by atoms with Crippen molar-refractivity contribution in [3.8, 4) is 11.1 Å². The van der Waals surface area contributed by atoms with Gasteiger partial charge in [-0.2, -0.15) is 0 Å². The first kappa shape index (κ1) is 12.8. The van der Waals surface area contributed by atoms with Gasteiger partial charge in [0.2, 0.25) is 0 Å². The highest BCUT2D eigenvalue weighted by molar-refractivity contribution is 6.29. The fraction of sp³-hybridized carbons (Fsp3) is 0.188. The van der Waals surface area contributed by atoms with Crippen molar-refractivity contribution in [2.24, 2.45) is 0 Å². The summed E-state index contributed by atoms with van der Waals surface area (Å²) >= 11 is 5.95. The van der Waals surface area contributed by atoms with Crippen LogP contribution in [0.3, 0.4) is 0 Å². The van der Waals surface area contributed by atoms with Crippen LogP contribution in [0.4, 0.5) is 4.39 Å². The number of rotatable bonds is 1. The van der Waals surface area contributed by atoms with Crippen LogP contribution >= 0.6 is 11.6 Å². The monoisotopic (exact) mass is 302 g/mol. The number of para-hydroxylation sites is 1. The van der Waals surface area contributed by atoms with Gasteiger partial charge in [0.25, 0.3) is 0 Å². The molecular weight excluding hydrogens is 291 g/mol. The first-order chi connectivity index (χ1) is 10.3. The minimum Gasteiger partial charge on any atom is -0.373 e. The highest BCUT2D eigenvalue weighted by Crippen LogP contribution is 2.38. The Kier molecular flexibility index (Phi) is 2.94. The number of halogens is 2. The summed E-state index contributed by atoms with van der Waals surface area (Å²) in [6, 6.07) is 9.58. The summed E-state index contributed by atoms with van der Waals surface area (Å²) in [6.07, 6.45) is 1.17. The molecule has 0 saturated heterocycles. The maximum Gasteiger partial charge on any atom is 0.149 e. The van der Waals surface area contributed by atoms with Crippen LogP contribution in [0.5, 0.6) is 0 Å². The second kappa shape index (κ2) is 4.83. The Morgan fingerprint density at radius 1 is 1.29 bits per heavy atom. The van der Waals surface area contributed by atoms with Crippen molar-refractivity contribution < 1.29 is 9.13 Å². The Bertz CT molecular complexity index is 844. The lowest BCUT2D eigenvalue weighted by Crippen LogP contribution is -2.16. The lowest BCUT2D eigenvalue weighted by Gasteiger charge is -2.18. The van der Waals surface area contributed by atoms with E-state index in [1.54, 1.807) is 6.07 Å². The molecule has 21 heavy (non-hydrogen) atoms. The van der Waals surface area contributed by atoms with Gasteiger partial charge in [-0.1, -0.05) is 29.8 Å². The third kappa shape index (κ3) is 1.94. The number of hydrogen-bond donors (Lipinski definition) is 0. The smallest absolute Gasteiger partial charge is 0.149 e. The van der Waals surface area contributed by atoms with Gasteiger partial charge in [-0.05, 0) is 12.1 Å². The van der Waals surface area contributed by atoms with E-state index in [0.717, 1.165) is 28.7 Å². The molecule has 0 N–H and O–H groups in total. The third-order valence-corrected chi connectivity index (χ3v) is 4.07. The third-order valence-electron chi connectivity index (χ3n) is 3.87. The lowest BCUT2D eigenvalue weighted by atomic mass is 10.0. The average molecular weight is 303 g/mol. The van der Waals surface area contributed by atoms with Crippen LogP contribution in [0, 0.1) is 5.82 Å². The molecule has 0 unspecified atom stereocenters. The van der Waals surface area contributed by atoms with Crippen LogP contribution in [0.25, 0.3) is 22.0 Å². The number of benzene rings is 1. The van der Waals surface area contributed by atoms with E-state index in [1.165, 1.54) is 6.20 Å². The van der Waals surface area contributed by atoms with Crippen molar-refractivity contribution >= 4 is 22.5 Å². The van der Waals surface area contributed by atoms with Crippen LogP contribution in [-0.2, 0) is 17.9 Å². The molecule has 3 heterocycles. The molecule has 106 valence electrons. The first-order valence-electron chi connectivity index (χ1n) is 6.75. The Hall–Kier alpha value is -1.91. The van der Waals surface area contributed by atoms with Gasteiger partial charge in [0.05, 0.1) is 25.1 Å². The summed E-state index contributed by atoms with van der Waals surface area (Å²) in [5.41, 5.74) is 3.42. The molecule has 0 radical (unpaired) electrons. The maximum absolute atomic E-state index is 14.3. The Morgan fingerprint density at radius 2 is 2.14 bits per heavy atom. The van der Waals surface area contributed by atoms with E-state index in [-0.39, 0.29) is 11.0 Å². The normalized spacial score (nSPS) is 14.4. The topological polar surface area (TPSA) is 27.1 Å². The lowest BCUT2D eigenvalue weighted by molar-refractivity contribution is 0.0869. The predicted molar refractivity (Wildman–Crippen MR) is 79.8 cm³/mol. The standard InChI is InChI=1S/C16H12ClFN2O/c17-15-7-11(12(18)8-19-15)16-10-3-1-2-4-13(10)20-5-6-21-9-14(16)20/h1-4,7-8H,5-6,9H2. The zero-order valence-electron chi connectivity index (χ0n) is 11.1. The minimum absolute atomic E-state index is 0.284. The molecule has 1 aromatic carbocycles. The molecular formula is C16H12ClFN2O. The van der Waals surface area contributed by atoms with Crippen LogP contribution in [-0.4, -0.2) is 16.2 Å². The van der Waals surface area contributed by atoms with Crippen LogP contribution in [0.2, 0.25) is 5.15 Å². The molecule has 0 saturated carbocycles. The van der Waals surface area contributed by atoms with Crippen LogP contribution < -0.4 is 0 Å². The Labute approximate surface area is 125 Å². The number of hydrogen-bond acceptors (Lipinski definition) is 2. The van der Waals surface area contributed by atoms with E-state index in [2.05, 4.69) is 9.55 Å². The van der Waals surface area contributed by atoms with Gasteiger partial charge in [0.15, 0.2) is 0 Å². The van der Waals surface area contributed by atoms with Crippen LogP contribution in [0.15, 0.2) is 36.5 Å². The highest BCUT2D eigenvalue weighted by atomic mass is 35.5. The second-order valence-corrected chi connectivity index (χ2v) is 5.42. The Balaban J connectivity index is 2.10. The fourth-order valence-electron chi connectivity index (χ4n) is 2.99. The van der Waals surface area contributed by atoms with E-state index in [1.807, 2.05) is 24.3 Å². The minimum atomic E-state index is -0.371. The molecule has 3 nitrogen and oxygen atoms in total. The SMILES string of the molecule is Fc1cnc(Cl)cc1-c1c2n(c3ccccc13)CCOC2. The van der Waals surface area contributed by atoms with Gasteiger partial charge >= 0.3 is 0 Å². The van der Waals surface area contributed by atoms with E-state index < -0.39 is 0 Å². The number of aromatic nitrogens is 2. The molecule has 5 heteroatoms. The van der Waals surface area contributed by atoms with Crippen molar-refractivity contribution in [2.75, 3.05) is 6.61 Å². The second-order valence-electron chi connectivity index (χ2n) is 5.03. The van der Waals surface area contributed by atoms with E-state index >= 15 is 0 Å². The molecule has 0 amide bonds. The zero-order valence-corrected chi connectivity index (χ0v) is 11.9. The summed E-state index contributed by atoms with van der Waals surface area (Å²) in [4.78, 5) is 3.79. The molecule has 4 rings (SSSR count). The number of ether oxygens (including phenoxy) is 1. The molecule has 0 bridgehead atoms. The van der Waals surface area contributed by atoms with Crippen molar-refractivity contribution in [3.63, 3.8) is 0 Å².